The summed E-state index contributed by atoms with van der Waals surface area (Å²) in [4.78, 5) is 45.5. The van der Waals surface area contributed by atoms with Crippen LogP contribution in [0.3, 0.4) is 0 Å². The fourth-order valence-electron chi connectivity index (χ4n) is 6.82. The maximum absolute atomic E-state index is 13.5. The zero-order valence-corrected chi connectivity index (χ0v) is 38.4. The minimum atomic E-state index is -0.850. The van der Waals surface area contributed by atoms with Crippen molar-refractivity contribution in [3.05, 3.63) is 86.8 Å². The number of guanidine groups is 2. The molecule has 22 heteroatoms. The lowest BCUT2D eigenvalue weighted by Gasteiger charge is -2.21. The molecule has 3 amide bonds. The Balaban J connectivity index is 1.01. The number of nitrogens with one attached hydrogen (secondary N) is 7. The molecule has 0 spiro atoms. The van der Waals surface area contributed by atoms with Crippen LogP contribution in [0.2, 0.25) is 5.02 Å². The van der Waals surface area contributed by atoms with Gasteiger partial charge in [-0.05, 0) is 88.4 Å². The third kappa shape index (κ3) is 15.0. The van der Waals surface area contributed by atoms with Gasteiger partial charge in [-0.3, -0.25) is 34.8 Å². The van der Waals surface area contributed by atoms with Crippen molar-refractivity contribution in [1.29, 1.82) is 10.8 Å². The lowest BCUT2D eigenvalue weighted by atomic mass is 9.99. The molecule has 3 heterocycles. The number of hydrogen-bond donors (Lipinski definition) is 10. The predicted octanol–water partition coefficient (Wildman–Crippen LogP) is 2.70. The molecule has 0 radical (unpaired) electrons. The maximum Gasteiger partial charge on any atom is 0.242 e. The average molecular weight is 936 g/mol. The molecule has 0 fully saturated rings. The third-order valence-electron chi connectivity index (χ3n) is 10.3. The number of ether oxygens (including phenoxy) is 3. The van der Waals surface area contributed by atoms with Crippen LogP contribution >= 0.6 is 22.9 Å². The topological polar surface area (TPSA) is 308 Å². The fraction of sp³-hybridized carbons (Fsp3) is 0.442. The number of carbonyl (C=O) groups is 3. The summed E-state index contributed by atoms with van der Waals surface area (Å²) < 4.78 is 19.1. The number of aryl methyl sites for hydroxylation is 2. The Hall–Kier alpha value is -6.13. The molecular weight excluding hydrogens is 876 g/mol. The Morgan fingerprint density at radius 1 is 0.831 bits per heavy atom. The standard InChI is InChI=1S/C43H59ClN14O6S/c1-25-26(2)65-41-36(25)37(28-8-10-29(44)11-9-28)54-34(38-57-56-27(3)58(38)41)24-35(59)53-30-12-14-31(15-13-30)64-23-22-63-21-20-62-19-18-50-40(61)33(7-5-17-52-43(48)49)55-39(60)32(45)6-4-16-51-42(46)47/h8-15,32-34H,4-7,16-24,45H2,1-3H3,(H,50,61)(H,53,59)(H,55,60)(H4,46,47,51)(H4,48,49,52)/t32?,33?,34-/m0/s1. The van der Waals surface area contributed by atoms with Gasteiger partial charge in [-0.2, -0.15) is 0 Å². The summed E-state index contributed by atoms with van der Waals surface area (Å²) in [5.41, 5.74) is 21.0. The Labute approximate surface area is 386 Å². The molecule has 5 rings (SSSR count). The lowest BCUT2D eigenvalue weighted by molar-refractivity contribution is -0.130. The minimum Gasteiger partial charge on any atom is -0.491 e. The van der Waals surface area contributed by atoms with Gasteiger partial charge in [0.15, 0.2) is 17.7 Å². The summed E-state index contributed by atoms with van der Waals surface area (Å²) in [5.74, 6) is 0.470. The molecule has 0 saturated heterocycles. The number of nitrogens with two attached hydrogens (primary N) is 3. The molecule has 2 aromatic heterocycles. The van der Waals surface area contributed by atoms with Crippen molar-refractivity contribution in [2.75, 3.05) is 58.0 Å². The number of rotatable bonds is 25. The summed E-state index contributed by atoms with van der Waals surface area (Å²) in [6, 6.07) is 12.3. The molecule has 4 aromatic rings. The van der Waals surface area contributed by atoms with Crippen molar-refractivity contribution >= 4 is 64.0 Å². The quantitative estimate of drug-likeness (QED) is 0.0260. The van der Waals surface area contributed by atoms with E-state index in [0.717, 1.165) is 32.3 Å². The highest BCUT2D eigenvalue weighted by atomic mass is 35.5. The first-order valence-electron chi connectivity index (χ1n) is 21.3. The van der Waals surface area contributed by atoms with E-state index in [1.54, 1.807) is 35.6 Å². The van der Waals surface area contributed by atoms with E-state index in [-0.39, 0.29) is 50.6 Å². The second-order valence-electron chi connectivity index (χ2n) is 15.2. The normalized spacial score (nSPS) is 13.9. The van der Waals surface area contributed by atoms with Gasteiger partial charge in [0.25, 0.3) is 0 Å². The van der Waals surface area contributed by atoms with Gasteiger partial charge in [-0.15, -0.1) is 21.5 Å². The monoisotopic (exact) mass is 934 g/mol. The number of amides is 3. The highest BCUT2D eigenvalue weighted by Gasteiger charge is 2.32. The first-order valence-corrected chi connectivity index (χ1v) is 22.4. The van der Waals surface area contributed by atoms with Crippen LogP contribution in [0, 0.1) is 31.6 Å². The molecule has 65 heavy (non-hydrogen) atoms. The summed E-state index contributed by atoms with van der Waals surface area (Å²) in [6.45, 7) is 8.43. The van der Waals surface area contributed by atoms with E-state index in [1.165, 1.54) is 0 Å². The van der Waals surface area contributed by atoms with E-state index in [1.807, 2.05) is 35.8 Å². The van der Waals surface area contributed by atoms with E-state index in [9.17, 15) is 14.4 Å². The highest BCUT2D eigenvalue weighted by molar-refractivity contribution is 7.15. The number of benzene rings is 2. The van der Waals surface area contributed by atoms with E-state index in [4.69, 9.17) is 58.8 Å². The molecule has 0 aliphatic carbocycles. The van der Waals surface area contributed by atoms with Crippen LogP contribution in [-0.2, 0) is 23.9 Å². The van der Waals surface area contributed by atoms with Crippen molar-refractivity contribution in [3.63, 3.8) is 0 Å². The minimum absolute atomic E-state index is 0.0402. The molecule has 2 aromatic carbocycles. The van der Waals surface area contributed by atoms with E-state index < -0.39 is 29.9 Å². The van der Waals surface area contributed by atoms with Gasteiger partial charge in [0.2, 0.25) is 17.7 Å². The van der Waals surface area contributed by atoms with Crippen LogP contribution in [0.4, 0.5) is 5.69 Å². The first-order chi connectivity index (χ1) is 31.2. The number of aliphatic imine (C=N–C) groups is 1. The summed E-state index contributed by atoms with van der Waals surface area (Å²) >= 11 is 7.89. The molecule has 1 aliphatic heterocycles. The van der Waals surface area contributed by atoms with Crippen LogP contribution < -0.4 is 48.5 Å². The summed E-state index contributed by atoms with van der Waals surface area (Å²) in [7, 11) is 0. The van der Waals surface area contributed by atoms with E-state index in [2.05, 4.69) is 50.6 Å². The number of nitrogens with zero attached hydrogens (tertiary/aromatic N) is 4. The average Bonchev–Trinajstić information content (AvgIpc) is 3.75. The van der Waals surface area contributed by atoms with Crippen LogP contribution in [0.15, 0.2) is 53.5 Å². The van der Waals surface area contributed by atoms with Crippen LogP contribution in [-0.4, -0.2) is 115 Å². The lowest BCUT2D eigenvalue weighted by Crippen LogP contribution is -2.52. The molecule has 13 N–H and O–H groups in total. The maximum atomic E-state index is 13.5. The SMILES string of the molecule is Cc1sc2c(c1C)C(c1ccc(Cl)cc1)=N[C@@H](CC(=O)Nc1ccc(OCCOCCOCCNC(=O)C(CCCNC(=N)N)NC(=O)C(N)CCCNC(=N)N)cc1)c1nnc(C)n1-2. The van der Waals surface area contributed by atoms with Gasteiger partial charge in [-0.25, -0.2) is 0 Å². The summed E-state index contributed by atoms with van der Waals surface area (Å²) in [5, 5.41) is 38.8. The Morgan fingerprint density at radius 2 is 1.48 bits per heavy atom. The molecule has 0 bridgehead atoms. The highest BCUT2D eigenvalue weighted by Crippen LogP contribution is 2.39. The second kappa shape index (κ2) is 24.8. The first kappa shape index (κ1) is 49.9. The zero-order valence-electron chi connectivity index (χ0n) is 36.8. The van der Waals surface area contributed by atoms with Crippen LogP contribution in [0.5, 0.6) is 5.75 Å². The van der Waals surface area contributed by atoms with Gasteiger partial charge < -0.3 is 58.0 Å². The van der Waals surface area contributed by atoms with E-state index in [0.29, 0.717) is 80.1 Å². The number of halogens is 1. The Kier molecular flexibility index (Phi) is 19.0. The number of hydrogen-bond acceptors (Lipinski definition) is 13. The van der Waals surface area contributed by atoms with Gasteiger partial charge in [0.1, 0.15) is 35.3 Å². The molecule has 350 valence electrons. The Morgan fingerprint density at radius 3 is 2.15 bits per heavy atom. The molecule has 2 unspecified atom stereocenters. The van der Waals surface area contributed by atoms with Crippen LogP contribution in [0.1, 0.15) is 71.4 Å². The molecule has 3 atom stereocenters. The largest absolute Gasteiger partial charge is 0.491 e. The van der Waals surface area contributed by atoms with Crippen molar-refractivity contribution in [3.8, 4) is 10.8 Å². The Bertz CT molecular complexity index is 2280. The van der Waals surface area contributed by atoms with Gasteiger partial charge in [0.05, 0.1) is 44.6 Å². The smallest absolute Gasteiger partial charge is 0.242 e. The van der Waals surface area contributed by atoms with Crippen molar-refractivity contribution in [2.45, 2.75) is 71.0 Å². The predicted molar refractivity (Wildman–Crippen MR) is 251 cm³/mol. The summed E-state index contributed by atoms with van der Waals surface area (Å²) in [6.07, 6.45) is 1.64. The van der Waals surface area contributed by atoms with E-state index >= 15 is 0 Å². The third-order valence-corrected chi connectivity index (χ3v) is 11.7. The number of anilines is 1. The van der Waals surface area contributed by atoms with Crippen LogP contribution in [0.25, 0.3) is 5.00 Å². The second-order valence-corrected chi connectivity index (χ2v) is 16.8. The number of carbonyl (C=O) groups excluding carboxylic acids is 3. The molecule has 20 nitrogen and oxygen atoms in total. The molecule has 0 saturated carbocycles. The van der Waals surface area contributed by atoms with Gasteiger partial charge in [0, 0.05) is 46.3 Å². The van der Waals surface area contributed by atoms with Gasteiger partial charge >= 0.3 is 0 Å². The molecular formula is C43H59ClN14O6S. The van der Waals surface area contributed by atoms with Crippen molar-refractivity contribution < 1.29 is 28.6 Å². The number of thiophene rings is 1. The van der Waals surface area contributed by atoms with Crippen molar-refractivity contribution in [2.24, 2.45) is 22.2 Å². The fourth-order valence-corrected chi connectivity index (χ4v) is 8.16. The number of fused-ring (bicyclic) bond motifs is 3. The number of aromatic nitrogens is 3. The molecule has 1 aliphatic rings. The van der Waals surface area contributed by atoms with Gasteiger partial charge in [-0.1, -0.05) is 23.7 Å². The van der Waals surface area contributed by atoms with Crippen molar-refractivity contribution in [1.82, 2.24) is 36.0 Å². The zero-order chi connectivity index (χ0) is 46.9.